The molecular formula is C16H12BrCl2N3O. The van der Waals surface area contributed by atoms with E-state index < -0.39 is 4.84 Å². The molecule has 3 rings (SSSR count). The van der Waals surface area contributed by atoms with Crippen molar-refractivity contribution in [3.05, 3.63) is 52.8 Å². The summed E-state index contributed by atoms with van der Waals surface area (Å²) >= 11 is 15.3. The number of ether oxygens (including phenoxy) is 1. The van der Waals surface area contributed by atoms with Crippen LogP contribution in [0.3, 0.4) is 0 Å². The predicted molar refractivity (Wildman–Crippen MR) is 98.0 cm³/mol. The number of methoxy groups -OCH3 is 1. The standard InChI is InChI=1S/C16H12BrCl2N3O/c1-23-11-6-7-13-12(8-11)15(22-16(21-13)14(18)19)20-10-4-2-9(17)3-5-10/h2-8,14H,1H3,(H,20,21,22). The summed E-state index contributed by atoms with van der Waals surface area (Å²) < 4.78 is 6.28. The second-order valence-corrected chi connectivity index (χ2v) is 6.76. The Morgan fingerprint density at radius 2 is 1.83 bits per heavy atom. The summed E-state index contributed by atoms with van der Waals surface area (Å²) in [5, 5.41) is 4.10. The van der Waals surface area contributed by atoms with Gasteiger partial charge in [0, 0.05) is 15.5 Å². The number of halogens is 3. The van der Waals surface area contributed by atoms with E-state index in [0.717, 1.165) is 26.8 Å². The molecule has 0 atom stereocenters. The van der Waals surface area contributed by atoms with Gasteiger partial charge in [-0.05, 0) is 42.5 Å². The molecule has 2 aromatic carbocycles. The normalized spacial score (nSPS) is 11.0. The minimum atomic E-state index is -0.799. The number of hydrogen-bond donors (Lipinski definition) is 1. The zero-order valence-corrected chi connectivity index (χ0v) is 15.2. The monoisotopic (exact) mass is 411 g/mol. The van der Waals surface area contributed by atoms with Gasteiger partial charge < -0.3 is 10.1 Å². The third-order valence-corrected chi connectivity index (χ3v) is 4.14. The summed E-state index contributed by atoms with van der Waals surface area (Å²) in [6.07, 6.45) is 0. The summed E-state index contributed by atoms with van der Waals surface area (Å²) in [5.41, 5.74) is 1.63. The van der Waals surface area contributed by atoms with Crippen molar-refractivity contribution in [2.75, 3.05) is 12.4 Å². The molecular weight excluding hydrogens is 401 g/mol. The zero-order valence-electron chi connectivity index (χ0n) is 12.1. The first-order valence-electron chi connectivity index (χ1n) is 6.73. The molecule has 0 aliphatic rings. The van der Waals surface area contributed by atoms with Gasteiger partial charge in [0.25, 0.3) is 0 Å². The van der Waals surface area contributed by atoms with Crippen molar-refractivity contribution in [3.8, 4) is 5.75 Å². The molecule has 0 amide bonds. The first kappa shape index (κ1) is 16.3. The quantitative estimate of drug-likeness (QED) is 0.564. The van der Waals surface area contributed by atoms with Crippen molar-refractivity contribution in [1.82, 2.24) is 9.97 Å². The molecule has 1 heterocycles. The van der Waals surface area contributed by atoms with E-state index in [1.807, 2.05) is 42.5 Å². The first-order valence-corrected chi connectivity index (χ1v) is 8.40. The number of benzene rings is 2. The lowest BCUT2D eigenvalue weighted by atomic mass is 10.2. The van der Waals surface area contributed by atoms with Crippen LogP contribution >= 0.6 is 39.1 Å². The first-order chi connectivity index (χ1) is 11.1. The van der Waals surface area contributed by atoms with Crippen molar-refractivity contribution in [3.63, 3.8) is 0 Å². The number of hydrogen-bond acceptors (Lipinski definition) is 4. The summed E-state index contributed by atoms with van der Waals surface area (Å²) in [5.74, 6) is 1.70. The molecule has 0 fully saturated rings. The maximum absolute atomic E-state index is 5.94. The Hall–Kier alpha value is -1.56. The second kappa shape index (κ2) is 6.91. The Morgan fingerprint density at radius 1 is 1.09 bits per heavy atom. The van der Waals surface area contributed by atoms with Crippen LogP contribution in [0.5, 0.6) is 5.75 Å². The van der Waals surface area contributed by atoms with Crippen LogP contribution in [0.25, 0.3) is 10.9 Å². The van der Waals surface area contributed by atoms with Gasteiger partial charge >= 0.3 is 0 Å². The van der Waals surface area contributed by atoms with Crippen molar-refractivity contribution in [2.24, 2.45) is 0 Å². The van der Waals surface area contributed by atoms with Crippen molar-refractivity contribution in [2.45, 2.75) is 4.84 Å². The molecule has 1 aromatic heterocycles. The molecule has 7 heteroatoms. The maximum Gasteiger partial charge on any atom is 0.167 e. The van der Waals surface area contributed by atoms with Gasteiger partial charge in [0.2, 0.25) is 0 Å². The highest BCUT2D eigenvalue weighted by Gasteiger charge is 2.13. The Morgan fingerprint density at radius 3 is 2.48 bits per heavy atom. The number of nitrogens with zero attached hydrogens (tertiary/aromatic N) is 2. The van der Waals surface area contributed by atoms with E-state index in [2.05, 4.69) is 31.2 Å². The number of alkyl halides is 2. The maximum atomic E-state index is 5.94. The molecule has 1 N–H and O–H groups in total. The fourth-order valence-corrected chi connectivity index (χ4v) is 2.57. The molecule has 118 valence electrons. The highest BCUT2D eigenvalue weighted by molar-refractivity contribution is 9.10. The smallest absolute Gasteiger partial charge is 0.167 e. The number of rotatable bonds is 4. The van der Waals surface area contributed by atoms with E-state index in [-0.39, 0.29) is 0 Å². The molecule has 0 unspecified atom stereocenters. The van der Waals surface area contributed by atoms with E-state index in [0.29, 0.717) is 11.6 Å². The van der Waals surface area contributed by atoms with E-state index in [1.165, 1.54) is 0 Å². The van der Waals surface area contributed by atoms with Gasteiger partial charge in [-0.15, -0.1) is 0 Å². The lowest BCUT2D eigenvalue weighted by Crippen LogP contribution is -2.02. The number of nitrogens with one attached hydrogen (secondary N) is 1. The van der Waals surface area contributed by atoms with Crippen LogP contribution in [-0.4, -0.2) is 17.1 Å². The van der Waals surface area contributed by atoms with Gasteiger partial charge in [-0.3, -0.25) is 0 Å². The minimum absolute atomic E-state index is 0.352. The highest BCUT2D eigenvalue weighted by Crippen LogP contribution is 2.31. The number of fused-ring (bicyclic) bond motifs is 1. The average molecular weight is 413 g/mol. The van der Waals surface area contributed by atoms with E-state index in [4.69, 9.17) is 27.9 Å². The van der Waals surface area contributed by atoms with Gasteiger partial charge in [0.05, 0.1) is 12.6 Å². The van der Waals surface area contributed by atoms with Crippen LogP contribution in [-0.2, 0) is 0 Å². The topological polar surface area (TPSA) is 47.0 Å². The molecule has 0 spiro atoms. The largest absolute Gasteiger partial charge is 0.497 e. The Kier molecular flexibility index (Phi) is 4.90. The molecule has 23 heavy (non-hydrogen) atoms. The molecule has 3 aromatic rings. The van der Waals surface area contributed by atoms with E-state index >= 15 is 0 Å². The summed E-state index contributed by atoms with van der Waals surface area (Å²) in [6, 6.07) is 13.3. The van der Waals surface area contributed by atoms with Gasteiger partial charge in [-0.25, -0.2) is 9.97 Å². The van der Waals surface area contributed by atoms with Gasteiger partial charge in [0.1, 0.15) is 11.6 Å². The molecule has 4 nitrogen and oxygen atoms in total. The molecule has 0 saturated carbocycles. The predicted octanol–water partition coefficient (Wildman–Crippen LogP) is 5.62. The molecule has 0 aliphatic carbocycles. The van der Waals surface area contributed by atoms with Crippen LogP contribution in [0, 0.1) is 0 Å². The Labute approximate surface area is 151 Å². The average Bonchev–Trinajstić information content (AvgIpc) is 2.56. The van der Waals surface area contributed by atoms with Crippen molar-refractivity contribution in [1.29, 1.82) is 0 Å². The van der Waals surface area contributed by atoms with Crippen LogP contribution in [0.15, 0.2) is 46.9 Å². The molecule has 0 bridgehead atoms. The third kappa shape index (κ3) is 3.68. The third-order valence-electron chi connectivity index (χ3n) is 3.22. The van der Waals surface area contributed by atoms with Gasteiger partial charge in [0.15, 0.2) is 10.7 Å². The van der Waals surface area contributed by atoms with E-state index in [9.17, 15) is 0 Å². The lowest BCUT2D eigenvalue weighted by molar-refractivity contribution is 0.415. The number of aromatic nitrogens is 2. The summed E-state index contributed by atoms with van der Waals surface area (Å²) in [7, 11) is 1.62. The zero-order chi connectivity index (χ0) is 16.4. The highest BCUT2D eigenvalue weighted by atomic mass is 79.9. The van der Waals surface area contributed by atoms with Gasteiger partial charge in [-0.2, -0.15) is 0 Å². The van der Waals surface area contributed by atoms with Crippen molar-refractivity contribution < 1.29 is 4.74 Å². The van der Waals surface area contributed by atoms with E-state index in [1.54, 1.807) is 7.11 Å². The van der Waals surface area contributed by atoms with Gasteiger partial charge in [-0.1, -0.05) is 39.1 Å². The summed E-state index contributed by atoms with van der Waals surface area (Å²) in [4.78, 5) is 8.03. The fraction of sp³-hybridized carbons (Fsp3) is 0.125. The lowest BCUT2D eigenvalue weighted by Gasteiger charge is -2.12. The molecule has 0 radical (unpaired) electrons. The minimum Gasteiger partial charge on any atom is -0.497 e. The Bertz CT molecular complexity index is 841. The van der Waals surface area contributed by atoms with Crippen LogP contribution in [0.1, 0.15) is 10.7 Å². The molecule has 0 aliphatic heterocycles. The molecule has 0 saturated heterocycles. The summed E-state index contributed by atoms with van der Waals surface area (Å²) in [6.45, 7) is 0. The Balaban J connectivity index is 2.12. The van der Waals surface area contributed by atoms with Crippen LogP contribution in [0.2, 0.25) is 0 Å². The SMILES string of the molecule is COc1ccc2nc(C(Cl)Cl)nc(Nc3ccc(Br)cc3)c2c1. The fourth-order valence-electron chi connectivity index (χ4n) is 2.12. The van der Waals surface area contributed by atoms with Crippen LogP contribution < -0.4 is 10.1 Å². The number of anilines is 2. The van der Waals surface area contributed by atoms with Crippen LogP contribution in [0.4, 0.5) is 11.5 Å². The second-order valence-electron chi connectivity index (χ2n) is 4.75. The van der Waals surface area contributed by atoms with Crippen molar-refractivity contribution >= 4 is 61.5 Å².